The van der Waals surface area contributed by atoms with Gasteiger partial charge >= 0.3 is 0 Å². The Kier molecular flexibility index (Phi) is 5.17. The largest absolute Gasteiger partial charge is 0.494 e. The molecule has 112 valence electrons. The van der Waals surface area contributed by atoms with Crippen LogP contribution in [-0.4, -0.2) is 24.3 Å². The molecule has 2 aromatic rings. The molecule has 1 heterocycles. The van der Waals surface area contributed by atoms with Gasteiger partial charge in [-0.15, -0.1) is 0 Å². The summed E-state index contributed by atoms with van der Waals surface area (Å²) >= 11 is 0. The Bertz CT molecular complexity index is 590. The number of furan rings is 1. The molecule has 2 rings (SSSR count). The molecular formula is C17H21NO3. The number of rotatable bonds is 7. The summed E-state index contributed by atoms with van der Waals surface area (Å²) in [6.07, 6.45) is 3.41. The van der Waals surface area contributed by atoms with E-state index in [-0.39, 0.29) is 5.78 Å². The average molecular weight is 287 g/mol. The highest BCUT2D eigenvalue weighted by molar-refractivity contribution is 5.94. The number of benzene rings is 1. The normalized spacial score (nSPS) is 10.9. The van der Waals surface area contributed by atoms with Crippen LogP contribution < -0.4 is 4.74 Å². The minimum absolute atomic E-state index is 0.0665. The summed E-state index contributed by atoms with van der Waals surface area (Å²) in [5.41, 5.74) is 2.86. The molecule has 0 aliphatic rings. The summed E-state index contributed by atoms with van der Waals surface area (Å²) in [5.74, 6) is 0.901. The molecule has 4 nitrogen and oxygen atoms in total. The summed E-state index contributed by atoms with van der Waals surface area (Å²) in [5, 5.41) is 0. The molecule has 0 bridgehead atoms. The van der Waals surface area contributed by atoms with Gasteiger partial charge in [-0.25, -0.2) is 0 Å². The van der Waals surface area contributed by atoms with E-state index < -0.39 is 0 Å². The molecule has 0 radical (unpaired) electrons. The molecule has 21 heavy (non-hydrogen) atoms. The molecule has 0 aliphatic carbocycles. The first kappa shape index (κ1) is 15.3. The van der Waals surface area contributed by atoms with Crippen molar-refractivity contribution in [1.82, 2.24) is 4.90 Å². The maximum absolute atomic E-state index is 11.5. The van der Waals surface area contributed by atoms with Crippen molar-refractivity contribution in [2.24, 2.45) is 0 Å². The van der Waals surface area contributed by atoms with Crippen LogP contribution >= 0.6 is 0 Å². The third-order valence-corrected chi connectivity index (χ3v) is 3.24. The summed E-state index contributed by atoms with van der Waals surface area (Å²) in [4.78, 5) is 13.7. The number of nitrogens with zero attached hydrogens (tertiary/aromatic N) is 1. The standard InChI is InChI=1S/C17H21NO3/c1-4-21-17-6-5-15(13(2)19)9-16(17)11-18(3)10-14-7-8-20-12-14/h5-9,12H,4,10-11H2,1-3H3. The van der Waals surface area contributed by atoms with Gasteiger partial charge in [0.15, 0.2) is 5.78 Å². The topological polar surface area (TPSA) is 42.7 Å². The van der Waals surface area contributed by atoms with Crippen LogP contribution in [0.1, 0.15) is 35.3 Å². The van der Waals surface area contributed by atoms with Gasteiger partial charge in [-0.2, -0.15) is 0 Å². The lowest BCUT2D eigenvalue weighted by molar-refractivity contribution is 0.101. The monoisotopic (exact) mass is 287 g/mol. The van der Waals surface area contributed by atoms with Crippen LogP contribution in [0.15, 0.2) is 41.2 Å². The van der Waals surface area contributed by atoms with E-state index in [2.05, 4.69) is 4.90 Å². The molecule has 4 heteroatoms. The van der Waals surface area contributed by atoms with E-state index >= 15 is 0 Å². The lowest BCUT2D eigenvalue weighted by atomic mass is 10.1. The Morgan fingerprint density at radius 2 is 2.10 bits per heavy atom. The van der Waals surface area contributed by atoms with Crippen LogP contribution in [-0.2, 0) is 13.1 Å². The number of hydrogen-bond acceptors (Lipinski definition) is 4. The first-order valence-corrected chi connectivity index (χ1v) is 7.06. The SMILES string of the molecule is CCOc1ccc(C(C)=O)cc1CN(C)Cc1ccoc1. The van der Waals surface area contributed by atoms with Crippen molar-refractivity contribution in [3.8, 4) is 5.75 Å². The third-order valence-electron chi connectivity index (χ3n) is 3.24. The maximum atomic E-state index is 11.5. The Hall–Kier alpha value is -2.07. The first-order valence-electron chi connectivity index (χ1n) is 7.06. The molecule has 0 saturated heterocycles. The molecule has 0 aliphatic heterocycles. The Morgan fingerprint density at radius 3 is 2.71 bits per heavy atom. The minimum atomic E-state index is 0.0665. The van der Waals surface area contributed by atoms with E-state index in [1.165, 1.54) is 0 Å². The third kappa shape index (κ3) is 4.20. The smallest absolute Gasteiger partial charge is 0.159 e. The van der Waals surface area contributed by atoms with Gasteiger partial charge in [-0.1, -0.05) is 0 Å². The van der Waals surface area contributed by atoms with Crippen molar-refractivity contribution in [3.63, 3.8) is 0 Å². The fourth-order valence-corrected chi connectivity index (χ4v) is 2.26. The summed E-state index contributed by atoms with van der Waals surface area (Å²) in [6, 6.07) is 7.55. The van der Waals surface area contributed by atoms with Gasteiger partial charge in [0.25, 0.3) is 0 Å². The van der Waals surface area contributed by atoms with Crippen LogP contribution in [0.3, 0.4) is 0 Å². The first-order chi connectivity index (χ1) is 10.1. The molecule has 1 aromatic carbocycles. The summed E-state index contributed by atoms with van der Waals surface area (Å²) in [7, 11) is 2.03. The molecule has 0 spiro atoms. The molecule has 1 aromatic heterocycles. The highest BCUT2D eigenvalue weighted by atomic mass is 16.5. The van der Waals surface area contributed by atoms with Crippen molar-refractivity contribution >= 4 is 5.78 Å². The van der Waals surface area contributed by atoms with Crippen molar-refractivity contribution in [2.45, 2.75) is 26.9 Å². The summed E-state index contributed by atoms with van der Waals surface area (Å²) < 4.78 is 10.7. The van der Waals surface area contributed by atoms with Crippen molar-refractivity contribution in [1.29, 1.82) is 0 Å². The number of ether oxygens (including phenoxy) is 1. The van der Waals surface area contributed by atoms with Crippen LogP contribution in [0.4, 0.5) is 0 Å². The number of hydrogen-bond donors (Lipinski definition) is 0. The van der Waals surface area contributed by atoms with Gasteiger partial charge in [0.1, 0.15) is 5.75 Å². The number of ketones is 1. The second-order valence-corrected chi connectivity index (χ2v) is 5.12. The maximum Gasteiger partial charge on any atom is 0.159 e. The van der Waals surface area contributed by atoms with Gasteiger partial charge in [-0.3, -0.25) is 9.69 Å². The van der Waals surface area contributed by atoms with Crippen LogP contribution in [0.2, 0.25) is 0 Å². The zero-order valence-electron chi connectivity index (χ0n) is 12.8. The molecular weight excluding hydrogens is 266 g/mol. The van der Waals surface area contributed by atoms with E-state index in [0.29, 0.717) is 18.7 Å². The summed E-state index contributed by atoms with van der Waals surface area (Å²) in [6.45, 7) is 5.64. The molecule has 0 N–H and O–H groups in total. The zero-order chi connectivity index (χ0) is 15.2. The molecule has 0 unspecified atom stereocenters. The second-order valence-electron chi connectivity index (χ2n) is 5.12. The predicted octanol–water partition coefficient (Wildman–Crippen LogP) is 3.51. The Labute approximate surface area is 125 Å². The Morgan fingerprint density at radius 1 is 1.29 bits per heavy atom. The molecule has 0 saturated carbocycles. The van der Waals surface area contributed by atoms with Gasteiger partial charge < -0.3 is 9.15 Å². The second kappa shape index (κ2) is 7.09. The highest BCUT2D eigenvalue weighted by Crippen LogP contribution is 2.22. The van der Waals surface area contributed by atoms with Gasteiger partial charge in [0.2, 0.25) is 0 Å². The van der Waals surface area contributed by atoms with E-state index in [4.69, 9.17) is 9.15 Å². The van der Waals surface area contributed by atoms with Crippen molar-refractivity contribution in [3.05, 3.63) is 53.5 Å². The van der Waals surface area contributed by atoms with Gasteiger partial charge in [0, 0.05) is 29.8 Å². The van der Waals surface area contributed by atoms with E-state index in [9.17, 15) is 4.79 Å². The van der Waals surface area contributed by atoms with Crippen molar-refractivity contribution < 1.29 is 13.9 Å². The van der Waals surface area contributed by atoms with E-state index in [1.807, 2.05) is 38.2 Å². The fraction of sp³-hybridized carbons (Fsp3) is 0.353. The van der Waals surface area contributed by atoms with Crippen LogP contribution in [0.5, 0.6) is 5.75 Å². The van der Waals surface area contributed by atoms with E-state index in [0.717, 1.165) is 23.4 Å². The number of Topliss-reactive ketones (excluding diaryl/α,β-unsaturated/α-hetero) is 1. The Balaban J connectivity index is 2.15. The molecule has 0 atom stereocenters. The van der Waals surface area contributed by atoms with Gasteiger partial charge in [0.05, 0.1) is 19.1 Å². The lowest BCUT2D eigenvalue weighted by Gasteiger charge is -2.18. The lowest BCUT2D eigenvalue weighted by Crippen LogP contribution is -2.18. The number of carbonyl (C=O) groups is 1. The number of carbonyl (C=O) groups excluding carboxylic acids is 1. The zero-order valence-corrected chi connectivity index (χ0v) is 12.8. The van der Waals surface area contributed by atoms with Crippen LogP contribution in [0, 0.1) is 0 Å². The minimum Gasteiger partial charge on any atom is -0.494 e. The van der Waals surface area contributed by atoms with Gasteiger partial charge in [-0.05, 0) is 45.2 Å². The molecule has 0 fully saturated rings. The average Bonchev–Trinajstić information content (AvgIpc) is 2.93. The van der Waals surface area contributed by atoms with Crippen LogP contribution in [0.25, 0.3) is 0 Å². The fourth-order valence-electron chi connectivity index (χ4n) is 2.26. The van der Waals surface area contributed by atoms with E-state index in [1.54, 1.807) is 19.5 Å². The highest BCUT2D eigenvalue weighted by Gasteiger charge is 2.11. The van der Waals surface area contributed by atoms with Crippen molar-refractivity contribution in [2.75, 3.05) is 13.7 Å². The quantitative estimate of drug-likeness (QED) is 0.731. The predicted molar refractivity (Wildman–Crippen MR) is 81.5 cm³/mol. The molecule has 0 amide bonds.